The summed E-state index contributed by atoms with van der Waals surface area (Å²) in [5, 5.41) is 0. The minimum atomic E-state index is 0.774. The third-order valence-corrected chi connectivity index (χ3v) is 5.99. The highest BCUT2D eigenvalue weighted by Gasteiger charge is 2.27. The van der Waals surface area contributed by atoms with Crippen LogP contribution in [-0.4, -0.2) is 13.1 Å². The van der Waals surface area contributed by atoms with E-state index in [0.29, 0.717) is 0 Å². The minimum absolute atomic E-state index is 0.774. The van der Waals surface area contributed by atoms with Crippen LogP contribution in [0.15, 0.2) is 12.1 Å². The molecule has 1 heteroatoms. The molecule has 3 aliphatic rings. The van der Waals surface area contributed by atoms with Crippen LogP contribution < -0.4 is 4.90 Å². The number of hydrogen-bond acceptors (Lipinski definition) is 1. The lowest BCUT2D eigenvalue weighted by molar-refractivity contribution is 0.460. The summed E-state index contributed by atoms with van der Waals surface area (Å²) in [7, 11) is 0. The SMILES string of the molecule is CC(c1cc2c3c(c1)CCCN3CCC2)C1CCCC1. The van der Waals surface area contributed by atoms with Crippen molar-refractivity contribution in [1.29, 1.82) is 0 Å². The Morgan fingerprint density at radius 1 is 0.950 bits per heavy atom. The van der Waals surface area contributed by atoms with Gasteiger partial charge in [-0.25, -0.2) is 0 Å². The van der Waals surface area contributed by atoms with Gasteiger partial charge in [0.2, 0.25) is 0 Å². The minimum Gasteiger partial charge on any atom is -0.371 e. The summed E-state index contributed by atoms with van der Waals surface area (Å²) in [4.78, 5) is 2.65. The van der Waals surface area contributed by atoms with Gasteiger partial charge in [-0.05, 0) is 67.1 Å². The molecule has 1 saturated carbocycles. The highest BCUT2D eigenvalue weighted by molar-refractivity contribution is 5.64. The van der Waals surface area contributed by atoms with Gasteiger partial charge >= 0.3 is 0 Å². The van der Waals surface area contributed by atoms with Gasteiger partial charge in [0.1, 0.15) is 0 Å². The molecular weight excluding hydrogens is 242 g/mol. The van der Waals surface area contributed by atoms with E-state index in [1.165, 1.54) is 64.5 Å². The van der Waals surface area contributed by atoms with Crippen LogP contribution in [0.5, 0.6) is 0 Å². The highest BCUT2D eigenvalue weighted by Crippen LogP contribution is 2.41. The third kappa shape index (κ3) is 2.06. The molecule has 1 atom stereocenters. The molecule has 0 aromatic heterocycles. The van der Waals surface area contributed by atoms with Crippen molar-refractivity contribution in [3.05, 3.63) is 28.8 Å². The Morgan fingerprint density at radius 3 is 2.15 bits per heavy atom. The van der Waals surface area contributed by atoms with Gasteiger partial charge in [0.15, 0.2) is 0 Å². The van der Waals surface area contributed by atoms with Gasteiger partial charge in [-0.1, -0.05) is 31.9 Å². The van der Waals surface area contributed by atoms with Gasteiger partial charge in [-0.15, -0.1) is 0 Å². The second-order valence-electron chi connectivity index (χ2n) is 7.22. The van der Waals surface area contributed by atoms with Crippen molar-refractivity contribution in [2.45, 2.75) is 64.2 Å². The summed E-state index contributed by atoms with van der Waals surface area (Å²) in [6.07, 6.45) is 11.2. The number of benzene rings is 1. The van der Waals surface area contributed by atoms with Crippen molar-refractivity contribution >= 4 is 5.69 Å². The molecule has 0 saturated heterocycles. The molecule has 0 bridgehead atoms. The molecule has 1 aromatic carbocycles. The van der Waals surface area contributed by atoms with E-state index < -0.39 is 0 Å². The van der Waals surface area contributed by atoms with Crippen molar-refractivity contribution < 1.29 is 0 Å². The molecule has 20 heavy (non-hydrogen) atoms. The molecule has 4 rings (SSSR count). The first kappa shape index (κ1) is 12.7. The first-order valence-corrected chi connectivity index (χ1v) is 8.73. The summed E-state index contributed by atoms with van der Waals surface area (Å²) in [5.74, 6) is 1.72. The van der Waals surface area contributed by atoms with Crippen LogP contribution in [0.25, 0.3) is 0 Å². The van der Waals surface area contributed by atoms with Crippen LogP contribution in [0.1, 0.15) is 68.1 Å². The number of anilines is 1. The Labute approximate surface area is 123 Å². The van der Waals surface area contributed by atoms with Crippen LogP contribution in [-0.2, 0) is 12.8 Å². The van der Waals surface area contributed by atoms with E-state index in [-0.39, 0.29) is 0 Å². The monoisotopic (exact) mass is 269 g/mol. The molecule has 0 amide bonds. The Morgan fingerprint density at radius 2 is 1.55 bits per heavy atom. The van der Waals surface area contributed by atoms with E-state index in [2.05, 4.69) is 24.0 Å². The van der Waals surface area contributed by atoms with Gasteiger partial charge in [-0.2, -0.15) is 0 Å². The van der Waals surface area contributed by atoms with Gasteiger partial charge < -0.3 is 4.90 Å². The quantitative estimate of drug-likeness (QED) is 0.753. The standard InChI is InChI=1S/C19H27N/c1-14(15-6-2-3-7-15)18-12-16-8-4-10-20-11-5-9-17(13-18)19(16)20/h12-15H,2-11H2,1H3. The lowest BCUT2D eigenvalue weighted by atomic mass is 9.82. The molecule has 1 nitrogen and oxygen atoms in total. The van der Waals surface area contributed by atoms with Crippen molar-refractivity contribution in [3.63, 3.8) is 0 Å². The van der Waals surface area contributed by atoms with Crippen LogP contribution in [0.2, 0.25) is 0 Å². The topological polar surface area (TPSA) is 3.24 Å². The number of aryl methyl sites for hydroxylation is 2. The molecule has 108 valence electrons. The number of rotatable bonds is 2. The second kappa shape index (κ2) is 5.09. The van der Waals surface area contributed by atoms with Crippen LogP contribution in [0.3, 0.4) is 0 Å². The zero-order valence-corrected chi connectivity index (χ0v) is 12.8. The molecule has 2 aliphatic heterocycles. The Kier molecular flexibility index (Phi) is 3.24. The smallest absolute Gasteiger partial charge is 0.0431 e. The summed E-state index contributed by atoms with van der Waals surface area (Å²) in [6, 6.07) is 5.14. The van der Waals surface area contributed by atoms with Gasteiger partial charge in [0.05, 0.1) is 0 Å². The van der Waals surface area contributed by atoms with E-state index >= 15 is 0 Å². The summed E-state index contributed by atoms with van der Waals surface area (Å²) in [5.41, 5.74) is 6.60. The lowest BCUT2D eigenvalue weighted by Gasteiger charge is -2.38. The second-order valence-corrected chi connectivity index (χ2v) is 7.22. The molecule has 2 heterocycles. The predicted molar refractivity (Wildman–Crippen MR) is 85.7 cm³/mol. The maximum atomic E-state index is 2.65. The maximum Gasteiger partial charge on any atom is 0.0431 e. The first-order chi connectivity index (χ1) is 9.83. The van der Waals surface area contributed by atoms with Crippen LogP contribution in [0.4, 0.5) is 5.69 Å². The highest BCUT2D eigenvalue weighted by atomic mass is 15.1. The largest absolute Gasteiger partial charge is 0.371 e. The molecule has 0 spiro atoms. The molecule has 1 unspecified atom stereocenters. The molecule has 1 fully saturated rings. The lowest BCUT2D eigenvalue weighted by Crippen LogP contribution is -2.34. The van der Waals surface area contributed by atoms with E-state index in [0.717, 1.165) is 11.8 Å². The maximum absolute atomic E-state index is 2.65. The fraction of sp³-hybridized carbons (Fsp3) is 0.684. The molecular formula is C19H27N. The molecule has 0 radical (unpaired) electrons. The van der Waals surface area contributed by atoms with Crippen molar-refractivity contribution in [2.75, 3.05) is 18.0 Å². The molecule has 1 aromatic rings. The molecule has 0 N–H and O–H groups in total. The number of nitrogens with zero attached hydrogens (tertiary/aromatic N) is 1. The van der Waals surface area contributed by atoms with E-state index in [1.807, 2.05) is 0 Å². The predicted octanol–water partition coefficient (Wildman–Crippen LogP) is 4.68. The summed E-state index contributed by atoms with van der Waals surface area (Å²) >= 11 is 0. The summed E-state index contributed by atoms with van der Waals surface area (Å²) < 4.78 is 0. The third-order valence-electron chi connectivity index (χ3n) is 5.99. The van der Waals surface area contributed by atoms with E-state index in [9.17, 15) is 0 Å². The van der Waals surface area contributed by atoms with E-state index in [1.54, 1.807) is 22.4 Å². The van der Waals surface area contributed by atoms with Gasteiger partial charge in [0.25, 0.3) is 0 Å². The van der Waals surface area contributed by atoms with Gasteiger partial charge in [-0.3, -0.25) is 0 Å². The summed E-state index contributed by atoms with van der Waals surface area (Å²) in [6.45, 7) is 5.06. The zero-order valence-electron chi connectivity index (χ0n) is 12.8. The Balaban J connectivity index is 1.71. The average molecular weight is 269 g/mol. The van der Waals surface area contributed by atoms with Gasteiger partial charge in [0, 0.05) is 18.8 Å². The first-order valence-electron chi connectivity index (χ1n) is 8.73. The zero-order chi connectivity index (χ0) is 13.5. The fourth-order valence-corrected chi connectivity index (χ4v) is 4.82. The fourth-order valence-electron chi connectivity index (χ4n) is 4.82. The Bertz CT molecular complexity index is 467. The van der Waals surface area contributed by atoms with Crippen molar-refractivity contribution in [2.24, 2.45) is 5.92 Å². The number of hydrogen-bond donors (Lipinski definition) is 0. The van der Waals surface area contributed by atoms with Crippen LogP contribution >= 0.6 is 0 Å². The van der Waals surface area contributed by atoms with Crippen molar-refractivity contribution in [3.8, 4) is 0 Å². The Hall–Kier alpha value is -0.980. The van der Waals surface area contributed by atoms with Crippen molar-refractivity contribution in [1.82, 2.24) is 0 Å². The average Bonchev–Trinajstić information content (AvgIpc) is 3.01. The molecule has 1 aliphatic carbocycles. The normalized spacial score (nSPS) is 23.8. The van der Waals surface area contributed by atoms with E-state index in [4.69, 9.17) is 0 Å². The van der Waals surface area contributed by atoms with Crippen LogP contribution in [0, 0.1) is 5.92 Å².